The normalized spacial score (nSPS) is 10.9. The van der Waals surface area contributed by atoms with Gasteiger partial charge in [-0.25, -0.2) is 9.97 Å². The Morgan fingerprint density at radius 1 is 0.424 bits per heavy atom. The molecule has 0 saturated carbocycles. The Balaban J connectivity index is 0.000000197. The van der Waals surface area contributed by atoms with Crippen LogP contribution in [0.4, 0.5) is 0 Å². The van der Waals surface area contributed by atoms with Crippen molar-refractivity contribution in [3.8, 4) is 28.7 Å². The van der Waals surface area contributed by atoms with Gasteiger partial charge in [-0.2, -0.15) is 0 Å². The van der Waals surface area contributed by atoms with Crippen molar-refractivity contribution in [3.63, 3.8) is 0 Å². The Morgan fingerprint density at radius 3 is 1.35 bits per heavy atom. The second kappa shape index (κ2) is 21.6. The number of aromatic nitrogens is 6. The Morgan fingerprint density at radius 2 is 0.894 bits per heavy atom. The zero-order chi connectivity index (χ0) is 46.6. The van der Waals surface area contributed by atoms with Crippen molar-refractivity contribution in [2.24, 2.45) is 0 Å². The van der Waals surface area contributed by atoms with E-state index in [4.69, 9.17) is 33.7 Å². The van der Waals surface area contributed by atoms with Gasteiger partial charge in [0.15, 0.2) is 23.0 Å². The van der Waals surface area contributed by atoms with E-state index in [9.17, 15) is 19.2 Å². The summed E-state index contributed by atoms with van der Waals surface area (Å²) in [4.78, 5) is 60.6. The molecule has 0 atom stereocenters. The van der Waals surface area contributed by atoms with Gasteiger partial charge in [-0.3, -0.25) is 28.3 Å². The van der Waals surface area contributed by atoms with Gasteiger partial charge in [0.1, 0.15) is 17.4 Å². The zero-order valence-corrected chi connectivity index (χ0v) is 37.6. The van der Waals surface area contributed by atoms with Crippen LogP contribution in [0, 0.1) is 0 Å². The molecule has 4 aromatic carbocycles. The molecule has 66 heavy (non-hydrogen) atoms. The first-order chi connectivity index (χ1) is 32.1. The molecule has 15 heteroatoms. The maximum atomic E-state index is 13.3. The average Bonchev–Trinajstić information content (AvgIpc) is 3.35. The lowest BCUT2D eigenvalue weighted by atomic mass is 10.1. The molecule has 0 radical (unpaired) electrons. The molecule has 0 unspecified atom stereocenters. The summed E-state index contributed by atoms with van der Waals surface area (Å²) in [6, 6.07) is 34.4. The van der Waals surface area contributed by atoms with Crippen molar-refractivity contribution in [1.82, 2.24) is 28.2 Å². The first-order valence-corrected chi connectivity index (χ1v) is 21.4. The number of rotatable bonds is 17. The zero-order valence-electron chi connectivity index (χ0n) is 37.6. The Kier molecular flexibility index (Phi) is 15.1. The third kappa shape index (κ3) is 10.7. The van der Waals surface area contributed by atoms with Crippen molar-refractivity contribution in [1.29, 1.82) is 0 Å². The smallest absolute Gasteiger partial charge is 0.261 e. The molecule has 8 rings (SSSR count). The lowest BCUT2D eigenvalue weighted by Gasteiger charge is -2.15. The molecule has 15 nitrogen and oxygen atoms in total. The van der Waals surface area contributed by atoms with Gasteiger partial charge in [0, 0.05) is 63.5 Å². The van der Waals surface area contributed by atoms with Crippen molar-refractivity contribution in [2.45, 2.75) is 51.9 Å². The quantitative estimate of drug-likeness (QED) is 0.104. The number of pyridine rings is 2. The summed E-state index contributed by atoms with van der Waals surface area (Å²) in [6.45, 7) is 1.74. The number of nitrogens with zero attached hydrogens (tertiary/aromatic N) is 6. The number of methoxy groups -OCH3 is 5. The predicted molar refractivity (Wildman–Crippen MR) is 254 cm³/mol. The van der Waals surface area contributed by atoms with Gasteiger partial charge in [0.05, 0.1) is 57.4 Å². The SMILES string of the molecule is COc1ccc(CCn2c(CCn3ccccc3=O)nc3ccccc3c2=O)cc1OC.COc1ccn(CCc2nc3ccccc3c(=O)n2CCc2ccc(OC)c(OC)c2)c(=O)c1. The number of hydrogen-bond donors (Lipinski definition) is 0. The summed E-state index contributed by atoms with van der Waals surface area (Å²) in [7, 11) is 7.91. The Labute approximate surface area is 380 Å². The van der Waals surface area contributed by atoms with Gasteiger partial charge in [-0.05, 0) is 84.6 Å². The highest BCUT2D eigenvalue weighted by atomic mass is 16.5. The third-order valence-electron chi connectivity index (χ3n) is 11.3. The molecular weight excluding hydrogens is 841 g/mol. The molecule has 8 aromatic rings. The first-order valence-electron chi connectivity index (χ1n) is 21.4. The van der Waals surface area contributed by atoms with Crippen LogP contribution in [0.25, 0.3) is 21.8 Å². The molecule has 340 valence electrons. The van der Waals surface area contributed by atoms with E-state index >= 15 is 0 Å². The molecule has 4 heterocycles. The highest BCUT2D eigenvalue weighted by Gasteiger charge is 2.15. The van der Waals surface area contributed by atoms with Crippen LogP contribution < -0.4 is 45.9 Å². The number of aryl methyl sites for hydroxylation is 6. The van der Waals surface area contributed by atoms with Gasteiger partial charge < -0.3 is 32.8 Å². The summed E-state index contributed by atoms with van der Waals surface area (Å²) < 4.78 is 33.2. The highest BCUT2D eigenvalue weighted by molar-refractivity contribution is 5.78. The number of ether oxygens (including phenoxy) is 5. The van der Waals surface area contributed by atoms with Crippen molar-refractivity contribution >= 4 is 21.8 Å². The fourth-order valence-electron chi connectivity index (χ4n) is 7.71. The van der Waals surface area contributed by atoms with Crippen LogP contribution in [0.3, 0.4) is 0 Å². The van der Waals surface area contributed by atoms with E-state index in [-0.39, 0.29) is 22.2 Å². The second-order valence-electron chi connectivity index (χ2n) is 15.2. The number of hydrogen-bond acceptors (Lipinski definition) is 11. The minimum absolute atomic E-state index is 0.0764. The van der Waals surface area contributed by atoms with Gasteiger partial charge in [-0.15, -0.1) is 0 Å². The summed E-state index contributed by atoms with van der Waals surface area (Å²) >= 11 is 0. The molecule has 0 amide bonds. The lowest BCUT2D eigenvalue weighted by molar-refractivity contribution is 0.354. The summed E-state index contributed by atoms with van der Waals surface area (Å²) in [5.41, 5.74) is 2.92. The minimum Gasteiger partial charge on any atom is -0.497 e. The van der Waals surface area contributed by atoms with Gasteiger partial charge in [0.25, 0.3) is 22.2 Å². The van der Waals surface area contributed by atoms with Crippen LogP contribution in [0.5, 0.6) is 28.7 Å². The standard InChI is InChI=1S/C26H27N3O5.C25H25N3O4/c1-32-19-11-13-28(25(30)17-19)14-12-24-27-21-7-5-4-6-20(21)26(31)29(24)15-10-18-8-9-22(33-2)23(16-18)34-3;1-31-21-11-10-18(17-22(21)32-2)12-16-28-23(13-15-27-14-6-5-9-24(27)29)26-20-8-4-3-7-19(20)25(28)30/h4-9,11,13,16-17H,10,12,14-15H2,1-3H3;3-11,14,17H,12-13,15-16H2,1-2H3. The van der Waals surface area contributed by atoms with Crippen LogP contribution >= 0.6 is 0 Å². The average molecular weight is 893 g/mol. The molecular formula is C51H52N6O9. The maximum Gasteiger partial charge on any atom is 0.261 e. The predicted octanol–water partition coefficient (Wildman–Crippen LogP) is 6.13. The molecule has 0 aliphatic carbocycles. The summed E-state index contributed by atoms with van der Waals surface area (Å²) in [5.74, 6) is 4.41. The Bertz CT molecular complexity index is 3210. The number of benzene rings is 4. The molecule has 0 spiro atoms. The largest absolute Gasteiger partial charge is 0.497 e. The molecule has 0 aliphatic heterocycles. The van der Waals surface area contributed by atoms with Crippen molar-refractivity contribution < 1.29 is 23.7 Å². The maximum absolute atomic E-state index is 13.3. The fraction of sp³-hybridized carbons (Fsp3) is 0.255. The molecule has 0 bridgehead atoms. The minimum atomic E-state index is -0.167. The molecule has 4 aromatic heterocycles. The first kappa shape index (κ1) is 46.1. The van der Waals surface area contributed by atoms with Gasteiger partial charge in [0.2, 0.25) is 0 Å². The van der Waals surface area contributed by atoms with Crippen molar-refractivity contribution in [2.75, 3.05) is 35.5 Å². The second-order valence-corrected chi connectivity index (χ2v) is 15.2. The van der Waals surface area contributed by atoms with E-state index in [1.807, 2.05) is 78.9 Å². The topological polar surface area (TPSA) is 160 Å². The summed E-state index contributed by atoms with van der Waals surface area (Å²) in [6.07, 6.45) is 5.56. The van der Waals surface area contributed by atoms with Crippen LogP contribution in [0.15, 0.2) is 147 Å². The molecule has 0 fully saturated rings. The lowest BCUT2D eigenvalue weighted by Crippen LogP contribution is -2.28. The van der Waals surface area contributed by atoms with Gasteiger partial charge >= 0.3 is 0 Å². The van der Waals surface area contributed by atoms with E-state index in [1.165, 1.54) is 19.2 Å². The Hall–Kier alpha value is -7.94. The van der Waals surface area contributed by atoms with Crippen LogP contribution in [0.2, 0.25) is 0 Å². The number of fused-ring (bicyclic) bond motifs is 2. The fourth-order valence-corrected chi connectivity index (χ4v) is 7.71. The van der Waals surface area contributed by atoms with Crippen LogP contribution in [0.1, 0.15) is 22.8 Å². The van der Waals surface area contributed by atoms with E-state index < -0.39 is 0 Å². The number of para-hydroxylation sites is 2. The molecule has 0 saturated heterocycles. The highest BCUT2D eigenvalue weighted by Crippen LogP contribution is 2.29. The monoisotopic (exact) mass is 892 g/mol. The van der Waals surface area contributed by atoms with E-state index in [2.05, 4.69) is 0 Å². The molecule has 0 aliphatic rings. The van der Waals surface area contributed by atoms with E-state index in [0.717, 1.165) is 11.1 Å². The van der Waals surface area contributed by atoms with Gasteiger partial charge in [-0.1, -0.05) is 42.5 Å². The third-order valence-corrected chi connectivity index (χ3v) is 11.3. The van der Waals surface area contributed by atoms with Crippen molar-refractivity contribution in [3.05, 3.63) is 192 Å². The molecule has 0 N–H and O–H groups in total. The van der Waals surface area contributed by atoms with Crippen LogP contribution in [-0.2, 0) is 51.9 Å². The summed E-state index contributed by atoms with van der Waals surface area (Å²) in [5, 5.41) is 1.15. The van der Waals surface area contributed by atoms with Crippen LogP contribution in [-0.4, -0.2) is 63.8 Å². The van der Waals surface area contributed by atoms with E-state index in [1.54, 1.807) is 83.4 Å². The van der Waals surface area contributed by atoms with E-state index in [0.29, 0.717) is 114 Å².